The zero-order valence-electron chi connectivity index (χ0n) is 47.2. The standard InChI is InChI=1S/C56H89ClN4O15/c1-15-43-56(10,68)48(75-52(65)59-27-25-39-18-16-17-19-41(39)57)36(6)61(13)31-32(2)29-54(8,67)47(74-51-45(63)42(60(11)12)28-33(3)70-51)34(4)46(35(5)50(64)72-43)73-44-30-55(9,69-14)49(37(7)71-44)76-53(66)58-26-24-38-20-22-40(62)23-21-38/h16-23,32-37,42-49,51,62-63,67-68H,15,24-31H2,1-14H3,(H,58,66)(H,59,65)/t32-,33-,34+,35-,36-,37+,42+,43-,44+,45-,46+,47-,48-,49+,51+,54-,55-,56-/m1/s1. The molecule has 3 aliphatic heterocycles. The van der Waals surface area contributed by atoms with E-state index in [-0.39, 0.29) is 56.2 Å². The molecule has 430 valence electrons. The fourth-order valence-corrected chi connectivity index (χ4v) is 11.7. The lowest BCUT2D eigenvalue weighted by Gasteiger charge is -2.49. The maximum Gasteiger partial charge on any atom is 0.407 e. The van der Waals surface area contributed by atoms with E-state index in [9.17, 15) is 34.8 Å². The molecule has 18 atom stereocenters. The number of nitrogens with zero attached hydrogens (tertiary/aromatic N) is 2. The number of rotatable bonds is 15. The largest absolute Gasteiger partial charge is 0.508 e. The van der Waals surface area contributed by atoms with Gasteiger partial charge in [-0.3, -0.25) is 9.69 Å². The topological polar surface area (TPSA) is 237 Å². The average molecular weight is 1090 g/mol. The minimum Gasteiger partial charge on any atom is -0.508 e. The van der Waals surface area contributed by atoms with E-state index in [2.05, 4.69) is 10.6 Å². The van der Waals surface area contributed by atoms with E-state index in [1.165, 1.54) is 14.0 Å². The monoisotopic (exact) mass is 1090 g/mol. The first-order valence-electron chi connectivity index (χ1n) is 26.9. The summed E-state index contributed by atoms with van der Waals surface area (Å²) in [6.07, 6.45) is -9.99. The number of aliphatic hydroxyl groups is 3. The third-order valence-electron chi connectivity index (χ3n) is 15.8. The Kier molecular flexibility index (Phi) is 22.7. The van der Waals surface area contributed by atoms with Crippen molar-refractivity contribution in [2.24, 2.45) is 17.8 Å². The van der Waals surface area contributed by atoms with Crippen LogP contribution in [0, 0.1) is 17.8 Å². The van der Waals surface area contributed by atoms with Crippen LogP contribution in [0.5, 0.6) is 5.75 Å². The molecule has 0 aromatic heterocycles. The molecule has 3 aliphatic rings. The molecule has 0 radical (unpaired) electrons. The smallest absolute Gasteiger partial charge is 0.407 e. The van der Waals surface area contributed by atoms with Crippen LogP contribution in [0.3, 0.4) is 0 Å². The molecule has 3 heterocycles. The number of aliphatic hydroxyl groups excluding tert-OH is 1. The second kappa shape index (κ2) is 27.3. The van der Waals surface area contributed by atoms with Gasteiger partial charge in [0.1, 0.15) is 29.2 Å². The number of benzene rings is 2. The Balaban J connectivity index is 1.49. The van der Waals surface area contributed by atoms with Crippen LogP contribution in [0.1, 0.15) is 106 Å². The van der Waals surface area contributed by atoms with Gasteiger partial charge in [-0.2, -0.15) is 0 Å². The molecule has 20 heteroatoms. The van der Waals surface area contributed by atoms with Gasteiger partial charge in [0.15, 0.2) is 24.8 Å². The summed E-state index contributed by atoms with van der Waals surface area (Å²) in [7, 11) is 7.07. The zero-order valence-corrected chi connectivity index (χ0v) is 48.0. The van der Waals surface area contributed by atoms with Gasteiger partial charge in [0, 0.05) is 56.2 Å². The number of carbonyl (C=O) groups is 3. The number of phenols is 1. The lowest BCUT2D eigenvalue weighted by atomic mass is 9.77. The van der Waals surface area contributed by atoms with Crippen LogP contribution < -0.4 is 10.6 Å². The fraction of sp³-hybridized carbons (Fsp3) is 0.732. The van der Waals surface area contributed by atoms with E-state index in [0.717, 1.165) is 11.1 Å². The van der Waals surface area contributed by atoms with Crippen molar-refractivity contribution in [2.45, 2.75) is 198 Å². The van der Waals surface area contributed by atoms with Gasteiger partial charge in [-0.25, -0.2) is 9.59 Å². The van der Waals surface area contributed by atoms with Crippen LogP contribution in [0.4, 0.5) is 9.59 Å². The second-order valence-electron chi connectivity index (χ2n) is 22.5. The molecule has 19 nitrogen and oxygen atoms in total. The third-order valence-corrected chi connectivity index (χ3v) is 16.2. The Labute approximate surface area is 455 Å². The van der Waals surface area contributed by atoms with Gasteiger partial charge in [-0.15, -0.1) is 0 Å². The number of halogens is 1. The van der Waals surface area contributed by atoms with Crippen LogP contribution in [0.25, 0.3) is 0 Å². The highest BCUT2D eigenvalue weighted by molar-refractivity contribution is 6.31. The van der Waals surface area contributed by atoms with E-state index in [1.54, 1.807) is 71.9 Å². The number of hydrogen-bond acceptors (Lipinski definition) is 17. The SMILES string of the molecule is CC[C@H]1OC(=O)[C@H](C)[C@@H](O[C@H]2C[C@@](C)(OC)[C@@H](OC(=O)NCCc3ccc(O)cc3)[C@H](C)O2)[C@H](C)[C@@H](O[C@@H]2O[C@H](C)C[C@H](N(C)C)[C@H]2O)[C@](C)(O)C[C@@H](C)CN(C)[C@H](C)[C@@H](OC(=O)NCCc2ccccc2Cl)[C@]1(C)O. The average Bonchev–Trinajstić information content (AvgIpc) is 3.35. The Bertz CT molecular complexity index is 2170. The van der Waals surface area contributed by atoms with Crippen LogP contribution >= 0.6 is 11.6 Å². The van der Waals surface area contributed by atoms with Crippen molar-refractivity contribution in [3.8, 4) is 5.75 Å². The summed E-state index contributed by atoms with van der Waals surface area (Å²) in [5, 5.41) is 53.3. The van der Waals surface area contributed by atoms with Crippen molar-refractivity contribution in [1.29, 1.82) is 0 Å². The first-order chi connectivity index (χ1) is 35.6. The zero-order chi connectivity index (χ0) is 56.4. The van der Waals surface area contributed by atoms with Gasteiger partial charge in [0.05, 0.1) is 35.9 Å². The molecule has 0 unspecified atom stereocenters. The van der Waals surface area contributed by atoms with E-state index >= 15 is 0 Å². The summed E-state index contributed by atoms with van der Waals surface area (Å²) in [4.78, 5) is 45.8. The van der Waals surface area contributed by atoms with Gasteiger partial charge in [-0.1, -0.05) is 62.7 Å². The molecule has 3 saturated heterocycles. The van der Waals surface area contributed by atoms with Crippen molar-refractivity contribution in [3.05, 3.63) is 64.7 Å². The molecular formula is C56H89ClN4O15. The van der Waals surface area contributed by atoms with Gasteiger partial charge in [0.2, 0.25) is 0 Å². The van der Waals surface area contributed by atoms with Gasteiger partial charge in [-0.05, 0) is 137 Å². The summed E-state index contributed by atoms with van der Waals surface area (Å²) in [5.41, 5.74) is -3.07. The molecule has 2 amide bonds. The summed E-state index contributed by atoms with van der Waals surface area (Å²) in [5.74, 6) is -2.92. The summed E-state index contributed by atoms with van der Waals surface area (Å²) >= 11 is 6.38. The minimum absolute atomic E-state index is 0.0195. The first-order valence-corrected chi connectivity index (χ1v) is 27.3. The maximum absolute atomic E-state index is 15.0. The Hall–Kier alpha value is -3.86. The first kappa shape index (κ1) is 63.0. The lowest BCUT2D eigenvalue weighted by Crippen LogP contribution is -2.61. The summed E-state index contributed by atoms with van der Waals surface area (Å²) < 4.78 is 51.2. The number of esters is 1. The number of amides is 2. The van der Waals surface area contributed by atoms with Crippen molar-refractivity contribution in [3.63, 3.8) is 0 Å². The number of phenolic OH excluding ortho intramolecular Hbond substituents is 1. The number of carbonyl (C=O) groups excluding carboxylic acids is 3. The Morgan fingerprint density at radius 3 is 2.09 bits per heavy atom. The predicted molar refractivity (Wildman–Crippen MR) is 286 cm³/mol. The second-order valence-corrected chi connectivity index (χ2v) is 22.9. The van der Waals surface area contributed by atoms with Gasteiger partial charge < -0.3 is 73.9 Å². The highest BCUT2D eigenvalue weighted by Crippen LogP contribution is 2.41. The lowest BCUT2D eigenvalue weighted by molar-refractivity contribution is -0.317. The van der Waals surface area contributed by atoms with Crippen LogP contribution in [0.15, 0.2) is 48.5 Å². The number of likely N-dealkylation sites (N-methyl/N-ethyl adjacent to an activating group) is 2. The van der Waals surface area contributed by atoms with Crippen LogP contribution in [-0.2, 0) is 55.5 Å². The molecule has 6 N–H and O–H groups in total. The number of ether oxygens (including phenoxy) is 8. The molecule has 0 bridgehead atoms. The molecule has 3 fully saturated rings. The van der Waals surface area contributed by atoms with E-state index in [4.69, 9.17) is 49.5 Å². The van der Waals surface area contributed by atoms with Crippen molar-refractivity contribution in [1.82, 2.24) is 20.4 Å². The maximum atomic E-state index is 15.0. The molecule has 76 heavy (non-hydrogen) atoms. The van der Waals surface area contributed by atoms with Crippen molar-refractivity contribution in [2.75, 3.05) is 47.9 Å². The number of aromatic hydroxyl groups is 1. The quantitative estimate of drug-likeness (QED) is 0.0859. The molecule has 2 aromatic carbocycles. The summed E-state index contributed by atoms with van der Waals surface area (Å²) in [6.45, 7) is 18.3. The minimum atomic E-state index is -1.95. The van der Waals surface area contributed by atoms with Crippen molar-refractivity contribution >= 4 is 29.8 Å². The van der Waals surface area contributed by atoms with Crippen LogP contribution in [-0.4, -0.2) is 187 Å². The molecule has 0 saturated carbocycles. The van der Waals surface area contributed by atoms with E-state index in [0.29, 0.717) is 30.8 Å². The molecular weight excluding hydrogens is 1000 g/mol. The normalized spacial score (nSPS) is 37.3. The number of methoxy groups -OCH3 is 1. The molecule has 0 spiro atoms. The number of cyclic esters (lactones) is 1. The van der Waals surface area contributed by atoms with E-state index < -0.39 is 108 Å². The predicted octanol–water partition coefficient (Wildman–Crippen LogP) is 6.21. The van der Waals surface area contributed by atoms with Gasteiger partial charge >= 0.3 is 18.2 Å². The fourth-order valence-electron chi connectivity index (χ4n) is 11.4. The number of hydrogen-bond donors (Lipinski definition) is 6. The van der Waals surface area contributed by atoms with Gasteiger partial charge in [0.25, 0.3) is 0 Å². The van der Waals surface area contributed by atoms with E-state index in [1.807, 2.05) is 69.9 Å². The highest BCUT2D eigenvalue weighted by atomic mass is 35.5. The Morgan fingerprint density at radius 2 is 1.49 bits per heavy atom. The molecule has 0 aliphatic carbocycles. The van der Waals surface area contributed by atoms with Crippen molar-refractivity contribution < 1.29 is 72.7 Å². The Morgan fingerprint density at radius 1 is 0.868 bits per heavy atom. The van der Waals surface area contributed by atoms with Crippen LogP contribution in [0.2, 0.25) is 5.02 Å². The number of alkyl carbamates (subject to hydrolysis) is 2. The molecule has 2 aromatic rings. The highest BCUT2D eigenvalue weighted by Gasteiger charge is 2.54. The summed E-state index contributed by atoms with van der Waals surface area (Å²) in [6, 6.07) is 13.0. The third kappa shape index (κ3) is 16.1. The number of nitrogens with one attached hydrogen (secondary N) is 2. The molecule has 5 rings (SSSR count).